The first-order valence-electron chi connectivity index (χ1n) is 6.93. The van der Waals surface area contributed by atoms with E-state index in [-0.39, 0.29) is 31.0 Å². The Bertz CT molecular complexity index is 404. The zero-order valence-electron chi connectivity index (χ0n) is 12.0. The maximum Gasteiger partial charge on any atom is 0.309 e. The van der Waals surface area contributed by atoms with E-state index < -0.39 is 10.2 Å². The number of carbonyl (C=O) groups is 1. The highest BCUT2D eigenvalue weighted by Gasteiger charge is 2.31. The summed E-state index contributed by atoms with van der Waals surface area (Å²) in [5, 5.41) is 8.89. The third kappa shape index (κ3) is 5.01. The Balaban J connectivity index is 2.45. The molecule has 1 unspecified atom stereocenters. The molecule has 0 aromatic heterocycles. The number of nitrogens with zero attached hydrogens (tertiary/aromatic N) is 1. The quantitative estimate of drug-likeness (QED) is 0.631. The van der Waals surface area contributed by atoms with Gasteiger partial charge in [0.2, 0.25) is 0 Å². The monoisotopic (exact) mass is 308 g/mol. The number of hydrogen-bond donors (Lipinski definition) is 2. The summed E-state index contributed by atoms with van der Waals surface area (Å²) in [6, 6.07) is 0. The van der Waals surface area contributed by atoms with Gasteiger partial charge in [-0.3, -0.25) is 4.79 Å². The molecular weight excluding hydrogens is 284 g/mol. The molecule has 0 amide bonds. The molecule has 7 nitrogen and oxygen atoms in total. The lowest BCUT2D eigenvalue weighted by molar-refractivity contribution is -0.149. The summed E-state index contributed by atoms with van der Waals surface area (Å²) in [6.07, 6.45) is 0.963. The van der Waals surface area contributed by atoms with Crippen LogP contribution in [0.25, 0.3) is 0 Å². The molecule has 8 heteroatoms. The molecule has 1 fully saturated rings. The Labute approximate surface area is 120 Å². The maximum absolute atomic E-state index is 12.0. The topological polar surface area (TPSA) is 95.9 Å². The molecule has 0 spiro atoms. The normalized spacial score (nSPS) is 19.8. The lowest BCUT2D eigenvalue weighted by Crippen LogP contribution is -2.47. The third-order valence-corrected chi connectivity index (χ3v) is 4.92. The molecule has 0 radical (unpaired) electrons. The number of aliphatic hydroxyl groups excluding tert-OH is 1. The van der Waals surface area contributed by atoms with Gasteiger partial charge in [-0.2, -0.15) is 12.7 Å². The van der Waals surface area contributed by atoms with Crippen LogP contribution < -0.4 is 4.72 Å². The predicted molar refractivity (Wildman–Crippen MR) is 74.1 cm³/mol. The SMILES string of the molecule is CCOC(=O)C1CCN(S(=O)(=O)NCC(C)CO)CC1. The van der Waals surface area contributed by atoms with Crippen LogP contribution in [0.3, 0.4) is 0 Å². The van der Waals surface area contributed by atoms with E-state index in [1.165, 1.54) is 4.31 Å². The van der Waals surface area contributed by atoms with Crippen LogP contribution in [-0.2, 0) is 19.7 Å². The van der Waals surface area contributed by atoms with Crippen LogP contribution >= 0.6 is 0 Å². The Hall–Kier alpha value is -0.700. The van der Waals surface area contributed by atoms with E-state index in [0.29, 0.717) is 32.5 Å². The molecule has 1 aliphatic heterocycles. The second kappa shape index (κ2) is 7.92. The summed E-state index contributed by atoms with van der Waals surface area (Å²) in [5.74, 6) is -0.578. The van der Waals surface area contributed by atoms with Crippen LogP contribution in [0.2, 0.25) is 0 Å². The van der Waals surface area contributed by atoms with E-state index in [4.69, 9.17) is 9.84 Å². The molecule has 0 aromatic rings. The summed E-state index contributed by atoms with van der Waals surface area (Å²) >= 11 is 0. The molecule has 0 saturated carbocycles. The van der Waals surface area contributed by atoms with E-state index in [1.54, 1.807) is 13.8 Å². The van der Waals surface area contributed by atoms with Crippen LogP contribution in [0, 0.1) is 11.8 Å². The van der Waals surface area contributed by atoms with Crippen molar-refractivity contribution in [2.24, 2.45) is 11.8 Å². The summed E-state index contributed by atoms with van der Waals surface area (Å²) in [5.41, 5.74) is 0. The van der Waals surface area contributed by atoms with Crippen molar-refractivity contribution in [2.75, 3.05) is 32.8 Å². The highest BCUT2D eigenvalue weighted by molar-refractivity contribution is 7.87. The van der Waals surface area contributed by atoms with Gasteiger partial charge in [0.25, 0.3) is 10.2 Å². The molecule has 1 heterocycles. The molecule has 2 N–H and O–H groups in total. The van der Waals surface area contributed by atoms with Gasteiger partial charge in [-0.15, -0.1) is 0 Å². The van der Waals surface area contributed by atoms with Crippen molar-refractivity contribution in [3.05, 3.63) is 0 Å². The average Bonchev–Trinajstić information content (AvgIpc) is 2.45. The van der Waals surface area contributed by atoms with E-state index in [1.807, 2.05) is 0 Å². The maximum atomic E-state index is 12.0. The van der Waals surface area contributed by atoms with Gasteiger partial charge in [-0.05, 0) is 25.7 Å². The molecule has 0 aliphatic carbocycles. The van der Waals surface area contributed by atoms with E-state index in [0.717, 1.165) is 0 Å². The van der Waals surface area contributed by atoms with Gasteiger partial charge in [-0.25, -0.2) is 4.72 Å². The van der Waals surface area contributed by atoms with Crippen molar-refractivity contribution < 1.29 is 23.1 Å². The van der Waals surface area contributed by atoms with Crippen molar-refractivity contribution in [1.82, 2.24) is 9.03 Å². The second-order valence-corrected chi connectivity index (χ2v) is 6.82. The van der Waals surface area contributed by atoms with E-state index >= 15 is 0 Å². The Kier molecular flexibility index (Phi) is 6.87. The molecule has 118 valence electrons. The fraction of sp³-hybridized carbons (Fsp3) is 0.917. The van der Waals surface area contributed by atoms with Crippen molar-refractivity contribution in [2.45, 2.75) is 26.7 Å². The molecule has 0 aromatic carbocycles. The number of aliphatic hydroxyl groups is 1. The lowest BCUT2D eigenvalue weighted by atomic mass is 9.98. The standard InChI is InChI=1S/C12H24N2O5S/c1-3-19-12(16)11-4-6-14(7-5-11)20(17,18)13-8-10(2)9-15/h10-11,13,15H,3-9H2,1-2H3. The van der Waals surface area contributed by atoms with Gasteiger partial charge < -0.3 is 9.84 Å². The van der Waals surface area contributed by atoms with Gasteiger partial charge in [-0.1, -0.05) is 6.92 Å². The van der Waals surface area contributed by atoms with Crippen molar-refractivity contribution >= 4 is 16.2 Å². The number of piperidine rings is 1. The summed E-state index contributed by atoms with van der Waals surface area (Å²) in [6.45, 7) is 4.62. The van der Waals surface area contributed by atoms with Gasteiger partial charge >= 0.3 is 5.97 Å². The number of carbonyl (C=O) groups excluding carboxylic acids is 1. The second-order valence-electron chi connectivity index (χ2n) is 5.07. The van der Waals surface area contributed by atoms with Crippen LogP contribution in [0.15, 0.2) is 0 Å². The first kappa shape index (κ1) is 17.4. The number of nitrogens with one attached hydrogen (secondary N) is 1. The van der Waals surface area contributed by atoms with Crippen molar-refractivity contribution in [3.8, 4) is 0 Å². The summed E-state index contributed by atoms with van der Waals surface area (Å²) < 4.78 is 32.8. The van der Waals surface area contributed by atoms with Crippen LogP contribution in [0.1, 0.15) is 26.7 Å². The molecule has 0 bridgehead atoms. The number of esters is 1. The third-order valence-electron chi connectivity index (χ3n) is 3.34. The molecule has 1 rings (SSSR count). The van der Waals surface area contributed by atoms with Gasteiger partial charge in [0.05, 0.1) is 12.5 Å². The van der Waals surface area contributed by atoms with Crippen LogP contribution in [-0.4, -0.2) is 56.6 Å². The minimum absolute atomic E-state index is 0.0621. The molecule has 1 atom stereocenters. The summed E-state index contributed by atoms with van der Waals surface area (Å²) in [7, 11) is -3.53. The first-order chi connectivity index (χ1) is 9.40. The fourth-order valence-electron chi connectivity index (χ4n) is 2.00. The Morgan fingerprint density at radius 2 is 2.05 bits per heavy atom. The predicted octanol–water partition coefficient (Wildman–Crippen LogP) is -0.276. The fourth-order valence-corrected chi connectivity index (χ4v) is 3.36. The molecule has 20 heavy (non-hydrogen) atoms. The van der Waals surface area contributed by atoms with Crippen LogP contribution in [0.4, 0.5) is 0 Å². The average molecular weight is 308 g/mol. The van der Waals surface area contributed by atoms with Gasteiger partial charge in [0.15, 0.2) is 0 Å². The van der Waals surface area contributed by atoms with Crippen molar-refractivity contribution in [1.29, 1.82) is 0 Å². The highest BCUT2D eigenvalue weighted by Crippen LogP contribution is 2.20. The smallest absolute Gasteiger partial charge is 0.309 e. The number of ether oxygens (including phenoxy) is 1. The first-order valence-corrected chi connectivity index (χ1v) is 8.37. The number of rotatable bonds is 7. The summed E-state index contributed by atoms with van der Waals surface area (Å²) in [4.78, 5) is 11.6. The zero-order chi connectivity index (χ0) is 15.2. The Morgan fingerprint density at radius 3 is 2.55 bits per heavy atom. The molecule has 1 aliphatic rings. The molecule has 1 saturated heterocycles. The zero-order valence-corrected chi connectivity index (χ0v) is 12.9. The largest absolute Gasteiger partial charge is 0.466 e. The molecular formula is C12H24N2O5S. The van der Waals surface area contributed by atoms with Gasteiger partial charge in [0, 0.05) is 26.2 Å². The van der Waals surface area contributed by atoms with E-state index in [9.17, 15) is 13.2 Å². The highest BCUT2D eigenvalue weighted by atomic mass is 32.2. The lowest BCUT2D eigenvalue weighted by Gasteiger charge is -2.30. The van der Waals surface area contributed by atoms with Crippen LogP contribution in [0.5, 0.6) is 0 Å². The minimum Gasteiger partial charge on any atom is -0.466 e. The van der Waals surface area contributed by atoms with Gasteiger partial charge in [0.1, 0.15) is 0 Å². The Morgan fingerprint density at radius 1 is 1.45 bits per heavy atom. The number of hydrogen-bond acceptors (Lipinski definition) is 5. The minimum atomic E-state index is -3.53. The van der Waals surface area contributed by atoms with Crippen molar-refractivity contribution in [3.63, 3.8) is 0 Å². The van der Waals surface area contributed by atoms with E-state index in [2.05, 4.69) is 4.72 Å².